The highest BCUT2D eigenvalue weighted by molar-refractivity contribution is 5.95. The highest BCUT2D eigenvalue weighted by Crippen LogP contribution is 2.15. The molecule has 0 saturated heterocycles. The third kappa shape index (κ3) is 4.70. The first-order valence-electron chi connectivity index (χ1n) is 9.20. The molecule has 1 heterocycles. The lowest BCUT2D eigenvalue weighted by atomic mass is 10.00. The molecule has 0 radical (unpaired) electrons. The maximum absolute atomic E-state index is 12.2. The molecule has 0 spiro atoms. The largest absolute Gasteiger partial charge is 0.342 e. The highest BCUT2D eigenvalue weighted by Gasteiger charge is 2.21. The smallest absolute Gasteiger partial charge is 0.275 e. The molecule has 26 heavy (non-hydrogen) atoms. The molecule has 2 amide bonds. The van der Waals surface area contributed by atoms with Crippen molar-refractivity contribution in [2.75, 3.05) is 25.0 Å². The van der Waals surface area contributed by atoms with Gasteiger partial charge in [-0.3, -0.25) is 9.59 Å². The summed E-state index contributed by atoms with van der Waals surface area (Å²) in [6.45, 7) is 4.25. The first-order chi connectivity index (χ1) is 12.7. The van der Waals surface area contributed by atoms with Gasteiger partial charge in [-0.05, 0) is 23.6 Å². The fourth-order valence-electron chi connectivity index (χ4n) is 3.41. The summed E-state index contributed by atoms with van der Waals surface area (Å²) in [5.41, 5.74) is 4.59. The van der Waals surface area contributed by atoms with Crippen LogP contribution in [-0.2, 0) is 29.0 Å². The van der Waals surface area contributed by atoms with Gasteiger partial charge in [0.15, 0.2) is 6.54 Å². The number of benzene rings is 2. The van der Waals surface area contributed by atoms with Crippen molar-refractivity contribution in [3.8, 4) is 0 Å². The van der Waals surface area contributed by atoms with E-state index in [9.17, 15) is 9.59 Å². The third-order valence-electron chi connectivity index (χ3n) is 4.84. The Labute approximate surface area is 154 Å². The Hall–Kier alpha value is -2.66. The summed E-state index contributed by atoms with van der Waals surface area (Å²) in [7, 11) is 0. The van der Waals surface area contributed by atoms with E-state index in [-0.39, 0.29) is 18.4 Å². The van der Waals surface area contributed by atoms with Crippen LogP contribution in [-0.4, -0.2) is 31.4 Å². The van der Waals surface area contributed by atoms with Gasteiger partial charge in [-0.1, -0.05) is 49.4 Å². The monoisotopic (exact) mass is 352 g/mol. The number of amides is 2. The van der Waals surface area contributed by atoms with Gasteiger partial charge >= 0.3 is 0 Å². The number of carbonyl (C=O) groups excluding carboxylic acids is 2. The minimum absolute atomic E-state index is 0.000743. The van der Waals surface area contributed by atoms with Gasteiger partial charge in [0.05, 0.1) is 13.1 Å². The van der Waals surface area contributed by atoms with Crippen LogP contribution in [0.15, 0.2) is 48.5 Å². The lowest BCUT2D eigenvalue weighted by Crippen LogP contribution is -3.12. The first-order valence-corrected chi connectivity index (χ1v) is 9.20. The van der Waals surface area contributed by atoms with Crippen molar-refractivity contribution in [3.05, 3.63) is 65.2 Å². The second-order valence-electron chi connectivity index (χ2n) is 6.71. The van der Waals surface area contributed by atoms with Crippen LogP contribution in [0.3, 0.4) is 0 Å². The van der Waals surface area contributed by atoms with Crippen LogP contribution in [0.1, 0.15) is 23.6 Å². The van der Waals surface area contributed by atoms with E-state index in [1.807, 2.05) is 37.3 Å². The molecule has 1 aliphatic heterocycles. The molecule has 136 valence electrons. The van der Waals surface area contributed by atoms with Crippen LogP contribution in [0.5, 0.6) is 0 Å². The second-order valence-corrected chi connectivity index (χ2v) is 6.71. The number of quaternary nitrogens is 1. The molecular weight excluding hydrogens is 326 g/mol. The van der Waals surface area contributed by atoms with Gasteiger partial charge in [-0.15, -0.1) is 0 Å². The van der Waals surface area contributed by atoms with E-state index >= 15 is 0 Å². The summed E-state index contributed by atoms with van der Waals surface area (Å²) >= 11 is 0. The Bertz CT molecular complexity index is 788. The Morgan fingerprint density at radius 1 is 1.00 bits per heavy atom. The Morgan fingerprint density at radius 2 is 1.73 bits per heavy atom. The molecule has 0 aromatic heterocycles. The summed E-state index contributed by atoms with van der Waals surface area (Å²) in [5, 5.41) is 5.61. The van der Waals surface area contributed by atoms with Gasteiger partial charge in [0.25, 0.3) is 5.91 Å². The minimum Gasteiger partial charge on any atom is -0.342 e. The average Bonchev–Trinajstić information content (AvgIpc) is 2.67. The Kier molecular flexibility index (Phi) is 6.02. The standard InChI is InChI=1S/C21H25N3O2/c1-2-16-7-5-6-10-19(16)23-20(25)13-22-21(26)15-24-12-11-17-8-3-4-9-18(17)14-24/h3-10H,2,11-15H2,1H3,(H,22,26)(H,23,25)/p+1. The number of rotatable bonds is 6. The summed E-state index contributed by atoms with van der Waals surface area (Å²) in [4.78, 5) is 25.5. The fourth-order valence-corrected chi connectivity index (χ4v) is 3.41. The molecule has 1 unspecified atom stereocenters. The number of fused-ring (bicyclic) bond motifs is 1. The number of anilines is 1. The second kappa shape index (κ2) is 8.63. The summed E-state index contributed by atoms with van der Waals surface area (Å²) in [6, 6.07) is 16.1. The molecule has 5 heteroatoms. The zero-order valence-electron chi connectivity index (χ0n) is 15.2. The number of hydrogen-bond donors (Lipinski definition) is 3. The molecular formula is C21H26N3O2+. The van der Waals surface area contributed by atoms with Crippen molar-refractivity contribution >= 4 is 17.5 Å². The molecule has 0 bridgehead atoms. The van der Waals surface area contributed by atoms with Crippen molar-refractivity contribution in [2.24, 2.45) is 0 Å². The minimum atomic E-state index is -0.196. The molecule has 2 aromatic rings. The van der Waals surface area contributed by atoms with Crippen LogP contribution in [0.2, 0.25) is 0 Å². The van der Waals surface area contributed by atoms with Gasteiger partial charge in [-0.25, -0.2) is 0 Å². The highest BCUT2D eigenvalue weighted by atomic mass is 16.2. The molecule has 0 fully saturated rings. The average molecular weight is 352 g/mol. The number of nitrogens with one attached hydrogen (secondary N) is 3. The molecule has 3 rings (SSSR count). The predicted octanol–water partition coefficient (Wildman–Crippen LogP) is 0.945. The topological polar surface area (TPSA) is 62.6 Å². The molecule has 1 aliphatic rings. The fraction of sp³-hybridized carbons (Fsp3) is 0.333. The maximum Gasteiger partial charge on any atom is 0.275 e. The van der Waals surface area contributed by atoms with Gasteiger partial charge in [0.1, 0.15) is 6.54 Å². The van der Waals surface area contributed by atoms with E-state index in [1.165, 1.54) is 16.0 Å². The molecule has 0 saturated carbocycles. The van der Waals surface area contributed by atoms with Gasteiger partial charge in [0.2, 0.25) is 5.91 Å². The van der Waals surface area contributed by atoms with Crippen molar-refractivity contribution in [1.29, 1.82) is 0 Å². The van der Waals surface area contributed by atoms with E-state index in [0.717, 1.165) is 37.2 Å². The molecule has 3 N–H and O–H groups in total. The number of hydrogen-bond acceptors (Lipinski definition) is 2. The van der Waals surface area contributed by atoms with Crippen LogP contribution >= 0.6 is 0 Å². The molecule has 2 aromatic carbocycles. The van der Waals surface area contributed by atoms with Crippen LogP contribution in [0.4, 0.5) is 5.69 Å². The van der Waals surface area contributed by atoms with E-state index in [1.54, 1.807) is 0 Å². The van der Waals surface area contributed by atoms with Crippen LogP contribution in [0.25, 0.3) is 0 Å². The number of carbonyl (C=O) groups is 2. The van der Waals surface area contributed by atoms with Crippen molar-refractivity contribution in [1.82, 2.24) is 5.32 Å². The summed E-state index contributed by atoms with van der Waals surface area (Å²) < 4.78 is 0. The van der Waals surface area contributed by atoms with E-state index in [2.05, 4.69) is 28.8 Å². The predicted molar refractivity (Wildman–Crippen MR) is 102 cm³/mol. The lowest BCUT2D eigenvalue weighted by Gasteiger charge is -2.25. The lowest BCUT2D eigenvalue weighted by molar-refractivity contribution is -0.908. The molecule has 0 aliphatic carbocycles. The number of para-hydroxylation sites is 1. The third-order valence-corrected chi connectivity index (χ3v) is 4.84. The van der Waals surface area contributed by atoms with E-state index in [4.69, 9.17) is 0 Å². The van der Waals surface area contributed by atoms with Crippen molar-refractivity contribution in [3.63, 3.8) is 0 Å². The van der Waals surface area contributed by atoms with Crippen molar-refractivity contribution < 1.29 is 14.5 Å². The zero-order chi connectivity index (χ0) is 18.4. The van der Waals surface area contributed by atoms with E-state index < -0.39 is 0 Å². The SMILES string of the molecule is CCc1ccccc1NC(=O)CNC(=O)C[NH+]1CCc2ccccc2C1. The van der Waals surface area contributed by atoms with Gasteiger partial charge in [-0.2, -0.15) is 0 Å². The summed E-state index contributed by atoms with van der Waals surface area (Å²) in [5.74, 6) is -0.281. The van der Waals surface area contributed by atoms with Gasteiger partial charge < -0.3 is 15.5 Å². The number of aryl methyl sites for hydroxylation is 1. The normalized spacial score (nSPS) is 15.8. The quantitative estimate of drug-likeness (QED) is 0.725. The van der Waals surface area contributed by atoms with Crippen LogP contribution in [0, 0.1) is 0 Å². The maximum atomic E-state index is 12.2. The first kappa shape index (κ1) is 18.1. The van der Waals surface area contributed by atoms with E-state index in [0.29, 0.717) is 6.54 Å². The Balaban J connectivity index is 1.45. The van der Waals surface area contributed by atoms with Crippen LogP contribution < -0.4 is 15.5 Å². The molecule has 1 atom stereocenters. The summed E-state index contributed by atoms with van der Waals surface area (Å²) in [6.07, 6.45) is 1.84. The zero-order valence-corrected chi connectivity index (χ0v) is 15.2. The van der Waals surface area contributed by atoms with Gasteiger partial charge in [0, 0.05) is 17.7 Å². The van der Waals surface area contributed by atoms with Crippen molar-refractivity contribution in [2.45, 2.75) is 26.3 Å². The molecule has 5 nitrogen and oxygen atoms in total. The Morgan fingerprint density at radius 3 is 2.54 bits per heavy atom.